The van der Waals surface area contributed by atoms with Gasteiger partial charge < -0.3 is 40.6 Å². The number of carbonyl (C=O) groups excluding carboxylic acids is 3. The Labute approximate surface area is 341 Å². The van der Waals surface area contributed by atoms with E-state index in [1.807, 2.05) is 97.1 Å². The number of hydrogen-bond acceptors (Lipinski definition) is 9. The summed E-state index contributed by atoms with van der Waals surface area (Å²) in [6.45, 7) is 3.02. The summed E-state index contributed by atoms with van der Waals surface area (Å²) in [6, 6.07) is 29.8. The molecule has 0 bridgehead atoms. The topological polar surface area (TPSA) is 147 Å². The van der Waals surface area contributed by atoms with Crippen molar-refractivity contribution >= 4 is 63.6 Å². The van der Waals surface area contributed by atoms with E-state index in [0.717, 1.165) is 64.4 Å². The number of unbranched alkanes of at least 4 members (excludes halogenated alkanes) is 2. The molecule has 0 amide bonds. The Kier molecular flexibility index (Phi) is 12.4. The van der Waals surface area contributed by atoms with Crippen molar-refractivity contribution in [3.8, 4) is 11.5 Å². The highest BCUT2D eigenvalue weighted by Gasteiger charge is 2.40. The third kappa shape index (κ3) is 8.75. The van der Waals surface area contributed by atoms with Crippen LogP contribution < -0.4 is 30.7 Å². The van der Waals surface area contributed by atoms with Crippen LogP contribution in [-0.4, -0.2) is 59.3 Å². The number of esters is 1. The molecule has 292 valence electrons. The molecule has 4 aromatic carbocycles. The van der Waals surface area contributed by atoms with E-state index in [2.05, 4.69) is 21.3 Å². The van der Waals surface area contributed by atoms with Gasteiger partial charge in [0.2, 0.25) is 0 Å². The third-order valence-corrected chi connectivity index (χ3v) is 10.3. The summed E-state index contributed by atoms with van der Waals surface area (Å²) < 4.78 is 16.6. The minimum atomic E-state index is -0.346. The molecule has 8 rings (SSSR count). The quantitative estimate of drug-likeness (QED) is 0.0570. The number of ether oxygens (including phenoxy) is 3. The summed E-state index contributed by atoms with van der Waals surface area (Å²) in [5.41, 5.74) is 7.91. The van der Waals surface area contributed by atoms with Crippen LogP contribution in [0.25, 0.3) is 11.4 Å². The molecule has 0 radical (unpaired) electrons. The van der Waals surface area contributed by atoms with Crippen molar-refractivity contribution in [1.82, 2.24) is 21.3 Å². The van der Waals surface area contributed by atoms with Crippen LogP contribution in [0.5, 0.6) is 11.5 Å². The molecule has 2 aliphatic heterocycles. The summed E-state index contributed by atoms with van der Waals surface area (Å²) in [5, 5.41) is 22.6. The molecular weight excluding hydrogens is 761 g/mol. The average Bonchev–Trinajstić information content (AvgIpc) is 3.67. The number of nitrogens with one attached hydrogen (secondary N) is 4. The molecule has 0 spiro atoms. The maximum Gasteiger partial charge on any atom is 0.302 e. The first-order valence-electron chi connectivity index (χ1n) is 18.8. The molecule has 2 unspecified atom stereocenters. The molecule has 11 nitrogen and oxygen atoms in total. The molecule has 5 N–H and O–H groups in total. The highest BCUT2D eigenvalue weighted by Crippen LogP contribution is 2.42. The van der Waals surface area contributed by atoms with Gasteiger partial charge in [-0.25, -0.2) is 0 Å². The second-order valence-electron chi connectivity index (χ2n) is 13.7. The van der Waals surface area contributed by atoms with Gasteiger partial charge in [0.25, 0.3) is 0 Å². The van der Waals surface area contributed by atoms with Crippen LogP contribution in [0.2, 0.25) is 0 Å². The molecule has 0 fully saturated rings. The van der Waals surface area contributed by atoms with E-state index in [4.69, 9.17) is 43.8 Å². The first-order valence-corrected chi connectivity index (χ1v) is 19.7. The maximum atomic E-state index is 13.1. The summed E-state index contributed by atoms with van der Waals surface area (Å²) in [6.07, 6.45) is 3.02. The molecule has 4 aliphatic rings. The zero-order valence-corrected chi connectivity index (χ0v) is 32.9. The number of aliphatic hydroxyl groups excluding tert-OH is 1. The minimum Gasteiger partial charge on any atom is -0.494 e. The number of Topliss-reactive ketones (excluding diaryl/α,β-unsaturated/α-hetero) is 2. The van der Waals surface area contributed by atoms with E-state index in [1.165, 1.54) is 6.92 Å². The fraction of sp³-hybridized carbons (Fsp3) is 0.250. The molecule has 13 heteroatoms. The van der Waals surface area contributed by atoms with Gasteiger partial charge in [0, 0.05) is 35.8 Å². The minimum absolute atomic E-state index is 0.00453. The van der Waals surface area contributed by atoms with Gasteiger partial charge in [-0.2, -0.15) is 0 Å². The number of rotatable bonds is 13. The van der Waals surface area contributed by atoms with Gasteiger partial charge in [0.05, 0.1) is 54.4 Å². The van der Waals surface area contributed by atoms with Gasteiger partial charge in [-0.3, -0.25) is 14.4 Å². The number of fused-ring (bicyclic) bond motifs is 4. The van der Waals surface area contributed by atoms with E-state index in [-0.39, 0.29) is 36.2 Å². The number of thiocarbonyl (C=S) groups is 2. The van der Waals surface area contributed by atoms with Gasteiger partial charge in [-0.1, -0.05) is 72.8 Å². The van der Waals surface area contributed by atoms with Crippen molar-refractivity contribution < 1.29 is 33.7 Å². The van der Waals surface area contributed by atoms with Crippen molar-refractivity contribution in [1.29, 1.82) is 0 Å². The van der Waals surface area contributed by atoms with Crippen molar-refractivity contribution in [3.63, 3.8) is 0 Å². The van der Waals surface area contributed by atoms with Gasteiger partial charge in [0.15, 0.2) is 21.8 Å². The SMILES string of the molecule is CC(=O)OCCCCOc1cccc(C2NC(=S)NC3=C2C(=O)c2ccccc23)c1.O=C1C2=C(NC(=S)NC2c2cccc(OCCCCO)c2)c2ccccc21. The Morgan fingerprint density at radius 2 is 1.05 bits per heavy atom. The fourth-order valence-corrected chi connectivity index (χ4v) is 7.65. The largest absolute Gasteiger partial charge is 0.494 e. The predicted octanol–water partition coefficient (Wildman–Crippen LogP) is 6.50. The van der Waals surface area contributed by atoms with Crippen LogP contribution >= 0.6 is 24.4 Å². The third-order valence-electron chi connectivity index (χ3n) is 9.83. The molecule has 0 saturated heterocycles. The van der Waals surface area contributed by atoms with Crippen molar-refractivity contribution in [2.24, 2.45) is 0 Å². The monoisotopic (exact) mass is 802 g/mol. The van der Waals surface area contributed by atoms with Crippen LogP contribution in [0.15, 0.2) is 108 Å². The Morgan fingerprint density at radius 3 is 1.51 bits per heavy atom. The van der Waals surface area contributed by atoms with E-state index in [9.17, 15) is 14.4 Å². The van der Waals surface area contributed by atoms with Gasteiger partial charge in [-0.05, 0) is 85.5 Å². The van der Waals surface area contributed by atoms with Crippen LogP contribution in [0.4, 0.5) is 0 Å². The molecule has 4 aromatic rings. The van der Waals surface area contributed by atoms with Crippen molar-refractivity contribution in [2.45, 2.75) is 44.7 Å². The summed E-state index contributed by atoms with van der Waals surface area (Å²) in [4.78, 5) is 36.9. The van der Waals surface area contributed by atoms with Crippen LogP contribution in [-0.2, 0) is 9.53 Å². The number of hydrogen-bond donors (Lipinski definition) is 5. The van der Waals surface area contributed by atoms with Crippen LogP contribution in [0.1, 0.15) is 87.7 Å². The number of carbonyl (C=O) groups is 3. The number of benzene rings is 4. The molecule has 57 heavy (non-hydrogen) atoms. The Hall–Kier alpha value is -5.89. The molecule has 2 heterocycles. The number of ketones is 2. The molecule has 2 aliphatic carbocycles. The van der Waals surface area contributed by atoms with Crippen molar-refractivity contribution in [2.75, 3.05) is 26.4 Å². The van der Waals surface area contributed by atoms with Gasteiger partial charge in [0.1, 0.15) is 11.5 Å². The Bertz CT molecular complexity index is 2310. The van der Waals surface area contributed by atoms with Gasteiger partial charge in [-0.15, -0.1) is 0 Å². The van der Waals surface area contributed by atoms with E-state index < -0.39 is 0 Å². The standard InChI is InChI=1S/C23H22N2O4S.C21H20N2O3S/c1-14(26)28-11-4-5-12-29-16-8-6-7-15(13-16)20-19-21(25-23(30)24-20)17-9-2-3-10-18(17)22(19)27;24-10-3-4-11-26-14-7-5-6-13(12-14)18-17-19(23-21(27)22-18)15-8-1-2-9-16(15)20(17)25/h2-3,6-10,13,20H,4-5,11-12H2,1H3,(H2,24,25,30);1-2,5-9,12,18,24H,3-4,10-11H2,(H2,22,23,27). The molecular formula is C44H42N4O7S2. The second-order valence-corrected chi connectivity index (χ2v) is 14.5. The number of aliphatic hydroxyl groups is 1. The predicted molar refractivity (Wildman–Crippen MR) is 225 cm³/mol. The smallest absolute Gasteiger partial charge is 0.302 e. The fourth-order valence-electron chi connectivity index (χ4n) is 7.21. The lowest BCUT2D eigenvalue weighted by atomic mass is 9.94. The van der Waals surface area contributed by atoms with Crippen molar-refractivity contribution in [3.05, 3.63) is 142 Å². The zero-order chi connectivity index (χ0) is 39.9. The summed E-state index contributed by atoms with van der Waals surface area (Å²) in [7, 11) is 0. The molecule has 2 atom stereocenters. The normalized spacial score (nSPS) is 17.4. The van der Waals surface area contributed by atoms with E-state index in [1.54, 1.807) is 0 Å². The molecule has 0 aromatic heterocycles. The lowest BCUT2D eigenvalue weighted by Gasteiger charge is -2.28. The zero-order valence-electron chi connectivity index (χ0n) is 31.3. The highest BCUT2D eigenvalue weighted by molar-refractivity contribution is 7.80. The van der Waals surface area contributed by atoms with E-state index in [0.29, 0.717) is 58.7 Å². The highest BCUT2D eigenvalue weighted by atomic mass is 32.1. The lowest BCUT2D eigenvalue weighted by Crippen LogP contribution is -2.43. The average molecular weight is 803 g/mol. The van der Waals surface area contributed by atoms with Gasteiger partial charge >= 0.3 is 5.97 Å². The van der Waals surface area contributed by atoms with E-state index >= 15 is 0 Å². The first kappa shape index (κ1) is 39.3. The van der Waals surface area contributed by atoms with Crippen LogP contribution in [0, 0.1) is 0 Å². The summed E-state index contributed by atoms with van der Waals surface area (Å²) >= 11 is 10.8. The Morgan fingerprint density at radius 1 is 0.614 bits per heavy atom. The molecule has 0 saturated carbocycles. The van der Waals surface area contributed by atoms with Crippen LogP contribution in [0.3, 0.4) is 0 Å². The first-order chi connectivity index (χ1) is 27.7. The lowest BCUT2D eigenvalue weighted by molar-refractivity contribution is -0.141. The Balaban J connectivity index is 0.000000175. The summed E-state index contributed by atoms with van der Waals surface area (Å²) in [5.74, 6) is 1.21. The second kappa shape index (κ2) is 17.9. The maximum absolute atomic E-state index is 13.1.